The lowest BCUT2D eigenvalue weighted by Crippen LogP contribution is -2.46. The fourth-order valence-corrected chi connectivity index (χ4v) is 5.22. The van der Waals surface area contributed by atoms with Crippen LogP contribution in [-0.4, -0.2) is 73.1 Å². The summed E-state index contributed by atoms with van der Waals surface area (Å²) in [4.78, 5) is 20.4. The number of piperidine rings is 1. The monoisotopic (exact) mass is 434 g/mol. The molecule has 2 amide bonds. The van der Waals surface area contributed by atoms with Gasteiger partial charge in [-0.05, 0) is 63.4 Å². The van der Waals surface area contributed by atoms with Crippen LogP contribution >= 0.6 is 0 Å². The van der Waals surface area contributed by atoms with E-state index < -0.39 is 0 Å². The quantitative estimate of drug-likeness (QED) is 0.766. The van der Waals surface area contributed by atoms with Crippen LogP contribution in [0.25, 0.3) is 0 Å². The molecule has 1 unspecified atom stereocenters. The molecule has 0 saturated carbocycles. The first kappa shape index (κ1) is 22.8. The molecule has 4 rings (SSSR count). The predicted octanol–water partition coefficient (Wildman–Crippen LogP) is 4.22. The zero-order chi connectivity index (χ0) is 22.3. The van der Waals surface area contributed by atoms with E-state index in [1.807, 2.05) is 41.3 Å². The van der Waals surface area contributed by atoms with Crippen molar-refractivity contribution in [2.24, 2.45) is 5.92 Å². The number of hydrogen-bond acceptors (Lipinski definition) is 3. The summed E-state index contributed by atoms with van der Waals surface area (Å²) in [6.45, 7) is 8.46. The van der Waals surface area contributed by atoms with Gasteiger partial charge in [0.1, 0.15) is 0 Å². The molecule has 2 aromatic rings. The van der Waals surface area contributed by atoms with Crippen molar-refractivity contribution in [2.75, 3.05) is 46.3 Å². The lowest BCUT2D eigenvalue weighted by atomic mass is 9.89. The number of hydrogen-bond donors (Lipinski definition) is 1. The van der Waals surface area contributed by atoms with Gasteiger partial charge >= 0.3 is 6.03 Å². The standard InChI is InChI=1S/C27H38N4O/c1-22(23-14-18-29(2)19-15-23)30-16-9-17-31(21-20-30)27(32)28-26(24-10-5-3-6-11-24)25-12-7-4-8-13-25/h3-8,10-13,22-23,26H,9,14-21H2,1-2H3,(H,28,32). The van der Waals surface area contributed by atoms with E-state index >= 15 is 0 Å². The van der Waals surface area contributed by atoms with E-state index in [2.05, 4.69) is 53.4 Å². The Morgan fingerprint density at radius 2 is 1.44 bits per heavy atom. The number of rotatable bonds is 5. The number of urea groups is 1. The lowest BCUT2D eigenvalue weighted by molar-refractivity contribution is 0.108. The van der Waals surface area contributed by atoms with Gasteiger partial charge in [-0.2, -0.15) is 0 Å². The maximum atomic E-state index is 13.3. The normalized spacial score (nSPS) is 20.2. The van der Waals surface area contributed by atoms with E-state index in [0.29, 0.717) is 6.04 Å². The highest BCUT2D eigenvalue weighted by Crippen LogP contribution is 2.25. The highest BCUT2D eigenvalue weighted by Gasteiger charge is 2.29. The molecule has 2 aromatic carbocycles. The molecule has 0 aliphatic carbocycles. The maximum absolute atomic E-state index is 13.3. The molecule has 2 fully saturated rings. The zero-order valence-corrected chi connectivity index (χ0v) is 19.6. The summed E-state index contributed by atoms with van der Waals surface area (Å²) in [6, 6.07) is 21.0. The second-order valence-electron chi connectivity index (χ2n) is 9.46. The molecule has 2 aliphatic rings. The topological polar surface area (TPSA) is 38.8 Å². The van der Waals surface area contributed by atoms with E-state index in [0.717, 1.165) is 49.6 Å². The number of nitrogens with one attached hydrogen (secondary N) is 1. The minimum atomic E-state index is -0.137. The third kappa shape index (κ3) is 5.70. The Bertz CT molecular complexity index is 796. The van der Waals surface area contributed by atoms with Crippen LogP contribution in [0.2, 0.25) is 0 Å². The molecule has 2 aliphatic heterocycles. The van der Waals surface area contributed by atoms with Gasteiger partial charge in [-0.25, -0.2) is 4.79 Å². The van der Waals surface area contributed by atoms with Gasteiger partial charge in [0.15, 0.2) is 0 Å². The summed E-state index contributed by atoms with van der Waals surface area (Å²) < 4.78 is 0. The molecule has 1 N–H and O–H groups in total. The number of nitrogens with zero attached hydrogens (tertiary/aromatic N) is 3. The van der Waals surface area contributed by atoms with Gasteiger partial charge in [-0.15, -0.1) is 0 Å². The van der Waals surface area contributed by atoms with E-state index in [1.165, 1.54) is 25.9 Å². The van der Waals surface area contributed by atoms with Crippen LogP contribution in [-0.2, 0) is 0 Å². The number of likely N-dealkylation sites (tertiary alicyclic amines) is 1. The lowest BCUT2D eigenvalue weighted by Gasteiger charge is -2.38. The first-order valence-corrected chi connectivity index (χ1v) is 12.2. The largest absolute Gasteiger partial charge is 0.327 e. The van der Waals surface area contributed by atoms with Gasteiger partial charge in [-0.1, -0.05) is 60.7 Å². The SMILES string of the molecule is CC(C1CCN(C)CC1)N1CCCN(C(=O)NC(c2ccccc2)c2ccccc2)CC1. The molecular formula is C27H38N4O. The molecule has 2 heterocycles. The van der Waals surface area contributed by atoms with Gasteiger partial charge in [0.2, 0.25) is 0 Å². The van der Waals surface area contributed by atoms with Gasteiger partial charge < -0.3 is 15.1 Å². The summed E-state index contributed by atoms with van der Waals surface area (Å²) in [5, 5.41) is 3.32. The number of amides is 2. The number of carbonyl (C=O) groups excluding carboxylic acids is 1. The van der Waals surface area contributed by atoms with Gasteiger partial charge in [-0.3, -0.25) is 4.90 Å². The number of carbonyl (C=O) groups is 1. The highest BCUT2D eigenvalue weighted by atomic mass is 16.2. The Morgan fingerprint density at radius 3 is 2.03 bits per heavy atom. The Kier molecular flexibility index (Phi) is 7.82. The molecule has 1 atom stereocenters. The third-order valence-corrected chi connectivity index (χ3v) is 7.37. The van der Waals surface area contributed by atoms with E-state index in [-0.39, 0.29) is 12.1 Å². The van der Waals surface area contributed by atoms with E-state index in [1.54, 1.807) is 0 Å². The molecule has 5 nitrogen and oxygen atoms in total. The Hall–Kier alpha value is -2.37. The molecule has 0 bridgehead atoms. The molecule has 0 aromatic heterocycles. The first-order valence-electron chi connectivity index (χ1n) is 12.2. The predicted molar refractivity (Wildman–Crippen MR) is 131 cm³/mol. The van der Waals surface area contributed by atoms with Crippen molar-refractivity contribution in [2.45, 2.75) is 38.3 Å². The smallest absolute Gasteiger partial charge is 0.318 e. The average molecular weight is 435 g/mol. The summed E-state index contributed by atoms with van der Waals surface area (Å²) in [6.07, 6.45) is 3.61. The van der Waals surface area contributed by atoms with Crippen LogP contribution in [0, 0.1) is 5.92 Å². The summed E-state index contributed by atoms with van der Waals surface area (Å²) in [5.41, 5.74) is 2.22. The van der Waals surface area contributed by atoms with Crippen LogP contribution in [0.5, 0.6) is 0 Å². The van der Waals surface area contributed by atoms with Gasteiger partial charge in [0.25, 0.3) is 0 Å². The van der Waals surface area contributed by atoms with Gasteiger partial charge in [0.05, 0.1) is 6.04 Å². The van der Waals surface area contributed by atoms with E-state index in [9.17, 15) is 4.79 Å². The summed E-state index contributed by atoms with van der Waals surface area (Å²) >= 11 is 0. The van der Waals surface area contributed by atoms with Crippen molar-refractivity contribution >= 4 is 6.03 Å². The molecule has 0 spiro atoms. The van der Waals surface area contributed by atoms with Crippen LogP contribution in [0.4, 0.5) is 4.79 Å². The van der Waals surface area contributed by atoms with Crippen molar-refractivity contribution in [1.82, 2.24) is 20.0 Å². The molecular weight excluding hydrogens is 396 g/mol. The zero-order valence-electron chi connectivity index (χ0n) is 19.6. The first-order chi connectivity index (χ1) is 15.6. The molecule has 5 heteroatoms. The van der Waals surface area contributed by atoms with Crippen LogP contribution in [0.15, 0.2) is 60.7 Å². The molecule has 2 saturated heterocycles. The van der Waals surface area contributed by atoms with Crippen molar-refractivity contribution in [3.05, 3.63) is 71.8 Å². The van der Waals surface area contributed by atoms with Crippen LogP contribution in [0.1, 0.15) is 43.4 Å². The summed E-state index contributed by atoms with van der Waals surface area (Å²) in [7, 11) is 2.22. The minimum Gasteiger partial charge on any atom is -0.327 e. The number of benzene rings is 2. The van der Waals surface area contributed by atoms with Crippen LogP contribution < -0.4 is 5.32 Å². The molecule has 172 valence electrons. The Labute approximate surface area is 193 Å². The van der Waals surface area contributed by atoms with Crippen LogP contribution in [0.3, 0.4) is 0 Å². The van der Waals surface area contributed by atoms with Crippen molar-refractivity contribution in [1.29, 1.82) is 0 Å². The molecule has 32 heavy (non-hydrogen) atoms. The molecule has 0 radical (unpaired) electrons. The second kappa shape index (κ2) is 11.0. The highest BCUT2D eigenvalue weighted by molar-refractivity contribution is 5.75. The second-order valence-corrected chi connectivity index (χ2v) is 9.46. The van der Waals surface area contributed by atoms with E-state index in [4.69, 9.17) is 0 Å². The van der Waals surface area contributed by atoms with Crippen molar-refractivity contribution in [3.8, 4) is 0 Å². The fourth-order valence-electron chi connectivity index (χ4n) is 5.22. The maximum Gasteiger partial charge on any atom is 0.318 e. The summed E-state index contributed by atoms with van der Waals surface area (Å²) in [5.74, 6) is 0.770. The van der Waals surface area contributed by atoms with Gasteiger partial charge in [0, 0.05) is 32.2 Å². The Morgan fingerprint density at radius 1 is 0.844 bits per heavy atom. The average Bonchev–Trinajstić information content (AvgIpc) is 3.10. The third-order valence-electron chi connectivity index (χ3n) is 7.37. The van der Waals surface area contributed by atoms with Crippen molar-refractivity contribution in [3.63, 3.8) is 0 Å². The minimum absolute atomic E-state index is 0.0384. The Balaban J connectivity index is 1.38. The van der Waals surface area contributed by atoms with Crippen molar-refractivity contribution < 1.29 is 4.79 Å². The fraction of sp³-hybridized carbons (Fsp3) is 0.519.